The lowest BCUT2D eigenvalue weighted by Gasteiger charge is -2.27. The highest BCUT2D eigenvalue weighted by Crippen LogP contribution is 2.37. The quantitative estimate of drug-likeness (QED) is 0.0511. The van der Waals surface area contributed by atoms with Crippen LogP contribution in [0.2, 0.25) is 0 Å². The van der Waals surface area contributed by atoms with Crippen LogP contribution in [0.25, 0.3) is 10.9 Å². The number of carbonyl (C=O) groups is 5. The summed E-state index contributed by atoms with van der Waals surface area (Å²) in [5.74, 6) is 0.831. The van der Waals surface area contributed by atoms with Crippen molar-refractivity contribution in [3.05, 3.63) is 45.2 Å². The fourth-order valence-electron chi connectivity index (χ4n) is 7.77. The van der Waals surface area contributed by atoms with E-state index in [1.807, 2.05) is 12.1 Å². The van der Waals surface area contributed by atoms with Gasteiger partial charge in [0.05, 0.1) is 37.5 Å². The third-order valence-electron chi connectivity index (χ3n) is 10.9. The van der Waals surface area contributed by atoms with Crippen LogP contribution in [0, 0.1) is 5.92 Å². The summed E-state index contributed by atoms with van der Waals surface area (Å²) >= 11 is 5.43. The van der Waals surface area contributed by atoms with Gasteiger partial charge in [0.25, 0.3) is 5.91 Å². The normalized spacial score (nSPS) is 16.0. The molecule has 4 rings (SSSR count). The van der Waals surface area contributed by atoms with Gasteiger partial charge in [0, 0.05) is 90.9 Å². The molecule has 16 nitrogen and oxygen atoms in total. The van der Waals surface area contributed by atoms with Gasteiger partial charge < -0.3 is 56.8 Å². The summed E-state index contributed by atoms with van der Waals surface area (Å²) in [6.45, 7) is 6.60. The molecule has 0 saturated carbocycles. The number of unbranched alkanes of at least 4 members (excludes halogenated alkanes) is 2. The largest absolute Gasteiger partial charge is 0.379 e. The van der Waals surface area contributed by atoms with Crippen LogP contribution in [0.4, 0.5) is 4.79 Å². The van der Waals surface area contributed by atoms with Gasteiger partial charge in [0.15, 0.2) is 0 Å². The van der Waals surface area contributed by atoms with Crippen molar-refractivity contribution in [2.45, 2.75) is 95.1 Å². The summed E-state index contributed by atoms with van der Waals surface area (Å²) in [5, 5.41) is 12.9. The Hall–Kier alpha value is -3.68. The maximum absolute atomic E-state index is 12.3. The average Bonchev–Trinajstić information content (AvgIpc) is 3.84. The van der Waals surface area contributed by atoms with E-state index in [1.165, 1.54) is 11.3 Å². The molecule has 1 aromatic heterocycles. The van der Waals surface area contributed by atoms with E-state index in [2.05, 4.69) is 54.1 Å². The van der Waals surface area contributed by atoms with Crippen molar-refractivity contribution in [3.8, 4) is 0 Å². The number of aromatic nitrogens is 1. The number of H-pyrrole nitrogens is 1. The molecule has 0 bridgehead atoms. The lowest BCUT2D eigenvalue weighted by atomic mass is 9.86. The van der Waals surface area contributed by atoms with Gasteiger partial charge >= 0.3 is 6.03 Å². The minimum atomic E-state index is -0.531. The molecule has 1 aromatic carbocycles. The van der Waals surface area contributed by atoms with Crippen LogP contribution < -0.4 is 32.7 Å². The number of nitrogens with one attached hydrogen (secondary N) is 5. The molecule has 18 heteroatoms. The molecule has 0 radical (unpaired) electrons. The summed E-state index contributed by atoms with van der Waals surface area (Å²) in [6, 6.07) is 3.14. The summed E-state index contributed by atoms with van der Waals surface area (Å²) in [5.41, 5.74) is 15.5. The van der Waals surface area contributed by atoms with Crippen molar-refractivity contribution < 1.29 is 38.2 Å². The lowest BCUT2D eigenvalue weighted by Crippen LogP contribution is -2.31. The molecule has 1 aliphatic carbocycles. The molecule has 0 spiro atoms. The number of amides is 6. The predicted octanol–water partition coefficient (Wildman–Crippen LogP) is 4.42. The van der Waals surface area contributed by atoms with Gasteiger partial charge in [-0.25, -0.2) is 4.79 Å². The first-order chi connectivity index (χ1) is 30.0. The minimum Gasteiger partial charge on any atom is -0.379 e. The highest BCUT2D eigenvalue weighted by Gasteiger charge is 2.26. The monoisotopic (exact) mass is 948 g/mol. The SMILES string of the molecule is CN(CCCCNC(=O)CCCC(=O)NCCCOCCOCCOCCCNC(=O)CCCC[C@H]1C=C(NC(N)=O)CS1)CC1CCc2c([nH]c3c(C(N)=O)ccc(Br)c23)C1. The Labute approximate surface area is 379 Å². The van der Waals surface area contributed by atoms with Crippen LogP contribution >= 0.6 is 27.7 Å². The molecule has 2 aromatic rings. The molecule has 346 valence electrons. The number of fused-ring (bicyclic) bond motifs is 3. The molecule has 6 amide bonds. The number of nitrogens with zero attached hydrogens (tertiary/aromatic N) is 1. The topological polar surface area (TPSA) is 232 Å². The number of halogens is 1. The number of urea groups is 1. The fraction of sp³-hybridized carbons (Fsp3) is 0.659. The maximum atomic E-state index is 12.3. The van der Waals surface area contributed by atoms with E-state index in [9.17, 15) is 24.0 Å². The molecular weight excluding hydrogens is 881 g/mol. The van der Waals surface area contributed by atoms with Crippen molar-refractivity contribution in [2.75, 3.05) is 85.2 Å². The number of hydrogen-bond donors (Lipinski definition) is 7. The first-order valence-electron chi connectivity index (χ1n) is 22.2. The number of ether oxygens (including phenoxy) is 3. The van der Waals surface area contributed by atoms with E-state index in [0.717, 1.165) is 97.7 Å². The minimum absolute atomic E-state index is 0.0230. The van der Waals surface area contributed by atoms with Crippen molar-refractivity contribution in [3.63, 3.8) is 0 Å². The number of primary amides is 2. The van der Waals surface area contributed by atoms with Gasteiger partial charge in [-0.2, -0.15) is 0 Å². The molecule has 1 aliphatic heterocycles. The van der Waals surface area contributed by atoms with E-state index in [4.69, 9.17) is 25.7 Å². The molecule has 2 aliphatic rings. The number of benzene rings is 1. The molecule has 1 unspecified atom stereocenters. The highest BCUT2D eigenvalue weighted by atomic mass is 79.9. The smallest absolute Gasteiger partial charge is 0.316 e. The van der Waals surface area contributed by atoms with Crippen molar-refractivity contribution in [1.29, 1.82) is 0 Å². The zero-order valence-corrected chi connectivity index (χ0v) is 38.8. The van der Waals surface area contributed by atoms with Crippen LogP contribution in [-0.2, 0) is 41.4 Å². The Morgan fingerprint density at radius 3 is 2.05 bits per heavy atom. The summed E-state index contributed by atoms with van der Waals surface area (Å²) in [6.07, 6.45) is 12.8. The maximum Gasteiger partial charge on any atom is 0.316 e. The van der Waals surface area contributed by atoms with Gasteiger partial charge in [-0.15, -0.1) is 11.8 Å². The van der Waals surface area contributed by atoms with Gasteiger partial charge in [0.1, 0.15) is 0 Å². The van der Waals surface area contributed by atoms with Crippen molar-refractivity contribution in [1.82, 2.24) is 31.2 Å². The molecule has 62 heavy (non-hydrogen) atoms. The van der Waals surface area contributed by atoms with E-state index in [-0.39, 0.29) is 17.7 Å². The summed E-state index contributed by atoms with van der Waals surface area (Å²) in [7, 11) is 2.15. The number of hydrogen-bond acceptors (Lipinski definition) is 10. The van der Waals surface area contributed by atoms with E-state index >= 15 is 0 Å². The zero-order valence-electron chi connectivity index (χ0n) is 36.4. The van der Waals surface area contributed by atoms with Crippen LogP contribution in [0.1, 0.15) is 98.7 Å². The Kier molecular flexibility index (Phi) is 23.8. The number of aromatic amines is 1. The van der Waals surface area contributed by atoms with Crippen molar-refractivity contribution in [2.24, 2.45) is 17.4 Å². The molecule has 0 fully saturated rings. The third-order valence-corrected chi connectivity index (χ3v) is 12.8. The van der Waals surface area contributed by atoms with Crippen LogP contribution in [0.15, 0.2) is 28.4 Å². The number of aryl methyl sites for hydroxylation is 1. The third kappa shape index (κ3) is 19.4. The van der Waals surface area contributed by atoms with Gasteiger partial charge in [-0.1, -0.05) is 28.4 Å². The average molecular weight is 950 g/mol. The van der Waals surface area contributed by atoms with Crippen LogP contribution in [0.5, 0.6) is 0 Å². The second-order valence-corrected chi connectivity index (χ2v) is 18.2. The highest BCUT2D eigenvalue weighted by molar-refractivity contribution is 9.10. The van der Waals surface area contributed by atoms with Gasteiger partial charge in [-0.3, -0.25) is 19.2 Å². The number of thioether (sulfide) groups is 1. The predicted molar refractivity (Wildman–Crippen MR) is 247 cm³/mol. The van der Waals surface area contributed by atoms with E-state index in [0.29, 0.717) is 108 Å². The lowest BCUT2D eigenvalue weighted by molar-refractivity contribution is -0.123. The Bertz CT molecular complexity index is 1780. The Balaban J connectivity index is 0.859. The first kappa shape index (κ1) is 51.0. The van der Waals surface area contributed by atoms with Gasteiger partial charge in [0.2, 0.25) is 17.7 Å². The molecule has 9 N–H and O–H groups in total. The second-order valence-electron chi connectivity index (χ2n) is 16.1. The number of nitrogens with two attached hydrogens (primary N) is 2. The van der Waals surface area contributed by atoms with E-state index in [1.54, 1.807) is 17.8 Å². The first-order valence-corrected chi connectivity index (χ1v) is 24.1. The molecule has 0 saturated heterocycles. The zero-order chi connectivity index (χ0) is 44.5. The summed E-state index contributed by atoms with van der Waals surface area (Å²) in [4.78, 5) is 65.3. The molecule has 2 atom stereocenters. The number of rotatable bonds is 32. The fourth-order valence-corrected chi connectivity index (χ4v) is 9.49. The van der Waals surface area contributed by atoms with Gasteiger partial charge in [-0.05, 0) is 101 Å². The summed E-state index contributed by atoms with van der Waals surface area (Å²) < 4.78 is 17.7. The Morgan fingerprint density at radius 2 is 1.42 bits per heavy atom. The van der Waals surface area contributed by atoms with E-state index < -0.39 is 11.9 Å². The number of carbonyl (C=O) groups excluding carboxylic acids is 5. The standard InChI is InChI=1S/C44H69BrN8O8S/c1-53(29-31-13-14-34-37(27-31)52-42-35(43(46)57)15-16-36(45)41(34)42)20-5-4-17-48-39(55)11-6-12-40(56)50-19-8-22-60-24-26-61-25-23-59-21-7-18-49-38(54)10-3-2-9-33-28-32(30-62-33)51-44(47)58/h15-16,28,31,33,52H,2-14,17-27,29-30H2,1H3,(H2,46,57)(H,48,55)(H,49,54)(H,50,56)(H3,47,51,58)/t31?,33-/m0/s1. The molecular formula is C44H69BrN8O8S. The Morgan fingerprint density at radius 1 is 0.806 bits per heavy atom. The van der Waals surface area contributed by atoms with Crippen molar-refractivity contribution >= 4 is 68.3 Å². The van der Waals surface area contributed by atoms with Crippen LogP contribution in [-0.4, -0.2) is 130 Å². The molecule has 2 heterocycles. The van der Waals surface area contributed by atoms with Crippen LogP contribution in [0.3, 0.4) is 0 Å². The second kappa shape index (κ2) is 28.9.